The molecule has 5 heteroatoms. The molecule has 1 aromatic carbocycles. The maximum absolute atomic E-state index is 14.1. The number of aryl methyl sites for hydroxylation is 1. The van der Waals surface area contributed by atoms with Gasteiger partial charge in [0.15, 0.2) is 0 Å². The largest absolute Gasteiger partial charge is 0.309 e. The number of nitrogens with one attached hydrogen (secondary N) is 1. The smallest absolute Gasteiger partial charge is 0.143 e. The Hall–Kier alpha value is -1.33. The van der Waals surface area contributed by atoms with Crippen LogP contribution in [0.2, 0.25) is 0 Å². The third-order valence-electron chi connectivity index (χ3n) is 3.29. The molecular formula is C16H17BrF2N2. The van der Waals surface area contributed by atoms with Gasteiger partial charge < -0.3 is 5.32 Å². The van der Waals surface area contributed by atoms with Gasteiger partial charge >= 0.3 is 0 Å². The minimum absolute atomic E-state index is 0.0682. The Labute approximate surface area is 131 Å². The van der Waals surface area contributed by atoms with Crippen molar-refractivity contribution in [3.63, 3.8) is 0 Å². The Morgan fingerprint density at radius 3 is 2.71 bits per heavy atom. The van der Waals surface area contributed by atoms with Gasteiger partial charge in [-0.2, -0.15) is 0 Å². The van der Waals surface area contributed by atoms with Crippen LogP contribution in [-0.4, -0.2) is 11.5 Å². The molecule has 0 aliphatic rings. The van der Waals surface area contributed by atoms with Crippen LogP contribution in [0.1, 0.15) is 29.8 Å². The Bertz CT molecular complexity index is 632. The van der Waals surface area contributed by atoms with E-state index in [0.29, 0.717) is 6.54 Å². The number of hydrogen-bond acceptors (Lipinski definition) is 2. The monoisotopic (exact) mass is 354 g/mol. The highest BCUT2D eigenvalue weighted by Gasteiger charge is 2.19. The molecule has 1 heterocycles. The van der Waals surface area contributed by atoms with Crippen LogP contribution in [0.15, 0.2) is 34.9 Å². The number of benzene rings is 1. The molecule has 2 rings (SSSR count). The summed E-state index contributed by atoms with van der Waals surface area (Å²) in [7, 11) is 0. The second-order valence-corrected chi connectivity index (χ2v) is 5.75. The first-order valence-electron chi connectivity index (χ1n) is 6.81. The molecule has 2 aromatic rings. The van der Waals surface area contributed by atoms with Crippen LogP contribution in [0.4, 0.5) is 8.78 Å². The molecule has 112 valence electrons. The lowest BCUT2D eigenvalue weighted by molar-refractivity contribution is 0.490. The van der Waals surface area contributed by atoms with Crippen LogP contribution in [0.5, 0.6) is 0 Å². The van der Waals surface area contributed by atoms with E-state index in [1.54, 1.807) is 6.20 Å². The van der Waals surface area contributed by atoms with Gasteiger partial charge in [0.2, 0.25) is 0 Å². The van der Waals surface area contributed by atoms with E-state index >= 15 is 0 Å². The molecule has 21 heavy (non-hydrogen) atoms. The maximum atomic E-state index is 14.1. The molecular weight excluding hydrogens is 338 g/mol. The fourth-order valence-electron chi connectivity index (χ4n) is 2.24. The van der Waals surface area contributed by atoms with Gasteiger partial charge in [-0.15, -0.1) is 0 Å². The van der Waals surface area contributed by atoms with E-state index in [0.717, 1.165) is 11.3 Å². The zero-order chi connectivity index (χ0) is 15.4. The predicted octanol–water partition coefficient (Wildman–Crippen LogP) is 4.32. The average Bonchev–Trinajstić information content (AvgIpc) is 2.46. The van der Waals surface area contributed by atoms with E-state index in [9.17, 15) is 8.78 Å². The third kappa shape index (κ3) is 3.86. The first kappa shape index (κ1) is 16.0. The van der Waals surface area contributed by atoms with Gasteiger partial charge in [0.05, 0.1) is 16.2 Å². The Morgan fingerprint density at radius 1 is 1.29 bits per heavy atom. The van der Waals surface area contributed by atoms with Crippen LogP contribution >= 0.6 is 15.9 Å². The average molecular weight is 355 g/mol. The molecule has 0 saturated carbocycles. The second-order valence-electron chi connectivity index (χ2n) is 4.89. The highest BCUT2D eigenvalue weighted by atomic mass is 79.9. The summed E-state index contributed by atoms with van der Waals surface area (Å²) in [5, 5.41) is 3.24. The lowest BCUT2D eigenvalue weighted by atomic mass is 10.0. The molecule has 0 amide bonds. The summed E-state index contributed by atoms with van der Waals surface area (Å²) in [5.74, 6) is -1.09. The molecule has 2 nitrogen and oxygen atoms in total. The summed E-state index contributed by atoms with van der Waals surface area (Å²) < 4.78 is 28.3. The van der Waals surface area contributed by atoms with Crippen LogP contribution < -0.4 is 5.32 Å². The molecule has 0 aliphatic heterocycles. The molecule has 0 spiro atoms. The van der Waals surface area contributed by atoms with Crippen molar-refractivity contribution in [1.29, 1.82) is 0 Å². The summed E-state index contributed by atoms with van der Waals surface area (Å²) in [5.41, 5.74) is 1.92. The Kier molecular flexibility index (Phi) is 5.42. The van der Waals surface area contributed by atoms with E-state index in [-0.39, 0.29) is 22.5 Å². The van der Waals surface area contributed by atoms with Gasteiger partial charge in [-0.1, -0.05) is 6.92 Å². The number of aromatic nitrogens is 1. The number of likely N-dealkylation sites (N-methyl/N-ethyl adjacent to an activating group) is 1. The number of nitrogens with zero attached hydrogens (tertiary/aromatic N) is 1. The van der Waals surface area contributed by atoms with Gasteiger partial charge in [0.1, 0.15) is 11.6 Å². The second kappa shape index (κ2) is 7.09. The number of pyridine rings is 1. The summed E-state index contributed by atoms with van der Waals surface area (Å²) >= 11 is 3.10. The van der Waals surface area contributed by atoms with Crippen molar-refractivity contribution in [3.8, 4) is 0 Å². The van der Waals surface area contributed by atoms with Crippen LogP contribution in [0.3, 0.4) is 0 Å². The van der Waals surface area contributed by atoms with Crippen molar-refractivity contribution in [2.75, 3.05) is 6.54 Å². The summed E-state index contributed by atoms with van der Waals surface area (Å²) in [6.07, 6.45) is 1.92. The fraction of sp³-hybridized carbons (Fsp3) is 0.312. The lowest BCUT2D eigenvalue weighted by Crippen LogP contribution is -2.25. The zero-order valence-corrected chi connectivity index (χ0v) is 13.5. The number of hydrogen-bond donors (Lipinski definition) is 1. The zero-order valence-electron chi connectivity index (χ0n) is 12.0. The molecule has 0 bridgehead atoms. The summed E-state index contributed by atoms with van der Waals surface area (Å²) in [4.78, 5) is 4.32. The molecule has 1 N–H and O–H groups in total. The van der Waals surface area contributed by atoms with Gasteiger partial charge in [-0.3, -0.25) is 4.98 Å². The molecule has 0 aliphatic carbocycles. The van der Waals surface area contributed by atoms with Crippen molar-refractivity contribution < 1.29 is 8.78 Å². The molecule has 1 atom stereocenters. The molecule has 0 radical (unpaired) electrons. The lowest BCUT2D eigenvalue weighted by Gasteiger charge is -2.19. The fourth-order valence-corrected chi connectivity index (χ4v) is 2.61. The van der Waals surface area contributed by atoms with Gasteiger partial charge in [0.25, 0.3) is 0 Å². The third-order valence-corrected chi connectivity index (χ3v) is 3.90. The van der Waals surface area contributed by atoms with Crippen molar-refractivity contribution in [2.45, 2.75) is 26.3 Å². The van der Waals surface area contributed by atoms with Crippen LogP contribution in [0, 0.1) is 18.6 Å². The maximum Gasteiger partial charge on any atom is 0.143 e. The van der Waals surface area contributed by atoms with Crippen molar-refractivity contribution in [1.82, 2.24) is 10.3 Å². The van der Waals surface area contributed by atoms with Crippen molar-refractivity contribution in [2.24, 2.45) is 0 Å². The SMILES string of the molecule is CCNC(Cc1c(F)ccc(Br)c1F)c1cc(C)ccn1. The molecule has 0 saturated heterocycles. The quantitative estimate of drug-likeness (QED) is 0.808. The van der Waals surface area contributed by atoms with Crippen LogP contribution in [-0.2, 0) is 6.42 Å². The highest BCUT2D eigenvalue weighted by Crippen LogP contribution is 2.26. The molecule has 0 fully saturated rings. The predicted molar refractivity (Wildman–Crippen MR) is 83.2 cm³/mol. The van der Waals surface area contributed by atoms with E-state index in [1.165, 1.54) is 12.1 Å². The minimum atomic E-state index is -0.550. The van der Waals surface area contributed by atoms with E-state index in [1.807, 2.05) is 26.0 Å². The van der Waals surface area contributed by atoms with Crippen molar-refractivity contribution >= 4 is 15.9 Å². The summed E-state index contributed by atoms with van der Waals surface area (Å²) in [6, 6.07) is 6.25. The van der Waals surface area contributed by atoms with Gasteiger partial charge in [-0.05, 0) is 65.6 Å². The van der Waals surface area contributed by atoms with Gasteiger partial charge in [-0.25, -0.2) is 8.78 Å². The standard InChI is InChI=1S/C16H17BrF2N2/c1-3-20-15(14-8-10(2)6-7-21-14)9-11-13(18)5-4-12(17)16(11)19/h4-8,15,20H,3,9H2,1-2H3. The normalized spacial score (nSPS) is 12.4. The molecule has 1 unspecified atom stereocenters. The van der Waals surface area contributed by atoms with E-state index in [2.05, 4.69) is 26.2 Å². The van der Waals surface area contributed by atoms with E-state index in [4.69, 9.17) is 0 Å². The summed E-state index contributed by atoms with van der Waals surface area (Å²) in [6.45, 7) is 4.61. The van der Waals surface area contributed by atoms with Crippen LogP contribution in [0.25, 0.3) is 0 Å². The highest BCUT2D eigenvalue weighted by molar-refractivity contribution is 9.10. The Morgan fingerprint density at radius 2 is 2.05 bits per heavy atom. The Balaban J connectivity index is 2.35. The van der Waals surface area contributed by atoms with Crippen molar-refractivity contribution in [3.05, 3.63) is 63.4 Å². The van der Waals surface area contributed by atoms with Gasteiger partial charge in [0, 0.05) is 11.8 Å². The first-order valence-corrected chi connectivity index (χ1v) is 7.60. The molecule has 1 aromatic heterocycles. The number of rotatable bonds is 5. The minimum Gasteiger partial charge on any atom is -0.309 e. The first-order chi connectivity index (χ1) is 10.0. The van der Waals surface area contributed by atoms with E-state index < -0.39 is 11.6 Å². The topological polar surface area (TPSA) is 24.9 Å². The number of halogens is 3.